The van der Waals surface area contributed by atoms with Gasteiger partial charge in [0.05, 0.1) is 6.54 Å². The Balaban J connectivity index is 2.14. The minimum absolute atomic E-state index is 0.141. The zero-order chi connectivity index (χ0) is 13.8. The molecule has 2 aromatic rings. The fourth-order valence-corrected chi connectivity index (χ4v) is 1.74. The Morgan fingerprint density at radius 2 is 2.26 bits per heavy atom. The van der Waals surface area contributed by atoms with Crippen molar-refractivity contribution in [3.05, 3.63) is 47.4 Å². The van der Waals surface area contributed by atoms with Crippen LogP contribution in [0.2, 0.25) is 5.02 Å². The third-order valence-corrected chi connectivity index (χ3v) is 2.60. The lowest BCUT2D eigenvalue weighted by Gasteiger charge is -2.08. The first-order chi connectivity index (χ1) is 9.06. The molecule has 1 amide bonds. The highest BCUT2D eigenvalue weighted by Crippen LogP contribution is 2.13. The number of alkyl halides is 2. The maximum atomic E-state index is 12.3. The van der Waals surface area contributed by atoms with Crippen LogP contribution >= 0.6 is 11.6 Å². The Morgan fingerprint density at radius 1 is 1.47 bits per heavy atom. The van der Waals surface area contributed by atoms with E-state index in [4.69, 9.17) is 11.6 Å². The van der Waals surface area contributed by atoms with E-state index in [-0.39, 0.29) is 11.5 Å². The van der Waals surface area contributed by atoms with Gasteiger partial charge in [0, 0.05) is 17.4 Å². The number of pyridine rings is 1. The molecule has 0 aliphatic rings. The van der Waals surface area contributed by atoms with Gasteiger partial charge in [-0.05, 0) is 24.3 Å². The lowest BCUT2D eigenvalue weighted by molar-refractivity contribution is 0.0997. The molecule has 1 N–H and O–H groups in total. The SMILES string of the molecule is O=C(Nc1cc(Cl)ccn1)c1cccn1CC(F)F. The summed E-state index contributed by atoms with van der Waals surface area (Å²) >= 11 is 5.76. The largest absolute Gasteiger partial charge is 0.338 e. The second kappa shape index (κ2) is 5.79. The van der Waals surface area contributed by atoms with Gasteiger partial charge in [-0.15, -0.1) is 0 Å². The summed E-state index contributed by atoms with van der Waals surface area (Å²) in [6.45, 7) is -0.529. The van der Waals surface area contributed by atoms with Crippen LogP contribution in [0.3, 0.4) is 0 Å². The highest BCUT2D eigenvalue weighted by Gasteiger charge is 2.14. The van der Waals surface area contributed by atoms with Gasteiger partial charge in [0.2, 0.25) is 0 Å². The molecule has 0 spiro atoms. The van der Waals surface area contributed by atoms with Crippen LogP contribution < -0.4 is 5.32 Å². The summed E-state index contributed by atoms with van der Waals surface area (Å²) in [5, 5.41) is 2.92. The van der Waals surface area contributed by atoms with Gasteiger partial charge in [-0.3, -0.25) is 4.79 Å². The third kappa shape index (κ3) is 3.51. The van der Waals surface area contributed by atoms with E-state index in [9.17, 15) is 13.6 Å². The highest BCUT2D eigenvalue weighted by atomic mass is 35.5. The van der Waals surface area contributed by atoms with Gasteiger partial charge < -0.3 is 9.88 Å². The molecule has 2 heterocycles. The Morgan fingerprint density at radius 3 is 2.95 bits per heavy atom. The van der Waals surface area contributed by atoms with Gasteiger partial charge in [0.1, 0.15) is 11.5 Å². The number of anilines is 1. The van der Waals surface area contributed by atoms with Gasteiger partial charge >= 0.3 is 0 Å². The van der Waals surface area contributed by atoms with Crippen molar-refractivity contribution in [1.82, 2.24) is 9.55 Å². The monoisotopic (exact) mass is 285 g/mol. The van der Waals surface area contributed by atoms with E-state index >= 15 is 0 Å². The number of nitrogens with one attached hydrogen (secondary N) is 1. The maximum absolute atomic E-state index is 12.3. The van der Waals surface area contributed by atoms with Crippen molar-refractivity contribution in [2.45, 2.75) is 13.0 Å². The number of hydrogen-bond donors (Lipinski definition) is 1. The lowest BCUT2D eigenvalue weighted by atomic mass is 10.3. The van der Waals surface area contributed by atoms with E-state index in [1.54, 1.807) is 6.07 Å². The quantitative estimate of drug-likeness (QED) is 0.938. The molecule has 4 nitrogen and oxygen atoms in total. The van der Waals surface area contributed by atoms with Crippen molar-refractivity contribution >= 4 is 23.3 Å². The standard InChI is InChI=1S/C12H10ClF2N3O/c13-8-3-4-16-11(6-8)17-12(19)9-2-1-5-18(9)7-10(14)15/h1-6,10H,7H2,(H,16,17,19). The average molecular weight is 286 g/mol. The Labute approximate surface area is 113 Å². The third-order valence-electron chi connectivity index (χ3n) is 2.36. The molecule has 2 aromatic heterocycles. The number of nitrogens with zero attached hydrogens (tertiary/aromatic N) is 2. The van der Waals surface area contributed by atoms with Crippen molar-refractivity contribution in [3.8, 4) is 0 Å². The van der Waals surface area contributed by atoms with Gasteiger partial charge in [0.25, 0.3) is 12.3 Å². The molecule has 0 aliphatic heterocycles. The Bertz CT molecular complexity index is 586. The fraction of sp³-hybridized carbons (Fsp3) is 0.167. The molecule has 0 saturated heterocycles. The molecule has 0 unspecified atom stereocenters. The first-order valence-electron chi connectivity index (χ1n) is 5.42. The van der Waals surface area contributed by atoms with Gasteiger partial charge in [-0.2, -0.15) is 0 Å². The second-order valence-electron chi connectivity index (χ2n) is 3.75. The summed E-state index contributed by atoms with van der Waals surface area (Å²) in [7, 11) is 0. The molecule has 7 heteroatoms. The van der Waals surface area contributed by atoms with E-state index in [1.807, 2.05) is 0 Å². The molecular weight excluding hydrogens is 276 g/mol. The van der Waals surface area contributed by atoms with Gasteiger partial charge in [-0.25, -0.2) is 13.8 Å². The van der Waals surface area contributed by atoms with E-state index in [1.165, 1.54) is 35.2 Å². The van der Waals surface area contributed by atoms with Crippen LogP contribution in [0.25, 0.3) is 0 Å². The molecule has 0 bridgehead atoms. The molecule has 100 valence electrons. The number of carbonyl (C=O) groups excluding carboxylic acids is 1. The molecule has 0 saturated carbocycles. The number of carbonyl (C=O) groups is 1. The van der Waals surface area contributed by atoms with Crippen molar-refractivity contribution < 1.29 is 13.6 Å². The smallest absolute Gasteiger partial charge is 0.273 e. The molecule has 2 rings (SSSR count). The maximum Gasteiger partial charge on any atom is 0.273 e. The highest BCUT2D eigenvalue weighted by molar-refractivity contribution is 6.30. The van der Waals surface area contributed by atoms with Gasteiger partial charge in [0.15, 0.2) is 0 Å². The van der Waals surface area contributed by atoms with Crippen LogP contribution in [0.4, 0.5) is 14.6 Å². The van der Waals surface area contributed by atoms with E-state index in [2.05, 4.69) is 10.3 Å². The summed E-state index contributed by atoms with van der Waals surface area (Å²) < 4.78 is 25.9. The summed E-state index contributed by atoms with van der Waals surface area (Å²) in [5.41, 5.74) is 0.141. The predicted octanol–water partition coefficient (Wildman–Crippen LogP) is 3.05. The molecule has 0 fully saturated rings. The first-order valence-corrected chi connectivity index (χ1v) is 5.80. The van der Waals surface area contributed by atoms with Crippen molar-refractivity contribution in [2.24, 2.45) is 0 Å². The number of halogens is 3. The lowest BCUT2D eigenvalue weighted by Crippen LogP contribution is -2.19. The van der Waals surface area contributed by atoms with E-state index in [0.29, 0.717) is 5.02 Å². The summed E-state index contributed by atoms with van der Waals surface area (Å²) in [6, 6.07) is 6.03. The number of hydrogen-bond acceptors (Lipinski definition) is 2. The van der Waals surface area contributed by atoms with E-state index < -0.39 is 18.9 Å². The number of rotatable bonds is 4. The van der Waals surface area contributed by atoms with Crippen LogP contribution in [0.15, 0.2) is 36.7 Å². The number of amides is 1. The summed E-state index contributed by atoms with van der Waals surface area (Å²) in [4.78, 5) is 15.8. The molecule has 0 radical (unpaired) electrons. The Kier molecular flexibility index (Phi) is 4.11. The average Bonchev–Trinajstić information content (AvgIpc) is 2.76. The summed E-state index contributed by atoms with van der Waals surface area (Å²) in [6.07, 6.45) is 0.339. The zero-order valence-electron chi connectivity index (χ0n) is 9.69. The van der Waals surface area contributed by atoms with Crippen molar-refractivity contribution in [1.29, 1.82) is 0 Å². The van der Waals surface area contributed by atoms with Crippen LogP contribution in [-0.2, 0) is 6.54 Å². The first kappa shape index (κ1) is 13.5. The van der Waals surface area contributed by atoms with Gasteiger partial charge in [-0.1, -0.05) is 11.6 Å². The minimum atomic E-state index is -2.52. The normalized spacial score (nSPS) is 10.7. The fourth-order valence-electron chi connectivity index (χ4n) is 1.58. The molecule has 0 atom stereocenters. The Hall–Kier alpha value is -1.95. The molecule has 0 aliphatic carbocycles. The topological polar surface area (TPSA) is 46.9 Å². The van der Waals surface area contributed by atoms with Crippen molar-refractivity contribution in [2.75, 3.05) is 5.32 Å². The number of aromatic nitrogens is 2. The molecular formula is C12H10ClF2N3O. The van der Waals surface area contributed by atoms with E-state index in [0.717, 1.165) is 0 Å². The summed E-state index contributed by atoms with van der Waals surface area (Å²) in [5.74, 6) is -0.247. The van der Waals surface area contributed by atoms with Crippen LogP contribution in [0.5, 0.6) is 0 Å². The minimum Gasteiger partial charge on any atom is -0.338 e. The molecule has 19 heavy (non-hydrogen) atoms. The second-order valence-corrected chi connectivity index (χ2v) is 4.19. The molecule has 0 aromatic carbocycles. The van der Waals surface area contributed by atoms with Crippen LogP contribution in [0, 0.1) is 0 Å². The predicted molar refractivity (Wildman–Crippen MR) is 67.6 cm³/mol. The zero-order valence-corrected chi connectivity index (χ0v) is 10.4. The van der Waals surface area contributed by atoms with Crippen LogP contribution in [0.1, 0.15) is 10.5 Å². The van der Waals surface area contributed by atoms with Crippen LogP contribution in [-0.4, -0.2) is 21.9 Å². The van der Waals surface area contributed by atoms with Crippen molar-refractivity contribution in [3.63, 3.8) is 0 Å².